The summed E-state index contributed by atoms with van der Waals surface area (Å²) in [6.45, 7) is 6.51. The van der Waals surface area contributed by atoms with Crippen molar-refractivity contribution in [1.82, 2.24) is 20.4 Å². The van der Waals surface area contributed by atoms with Crippen LogP contribution in [0.25, 0.3) is 0 Å². The highest BCUT2D eigenvalue weighted by Crippen LogP contribution is 2.40. The van der Waals surface area contributed by atoms with Gasteiger partial charge in [-0.05, 0) is 46.0 Å². The lowest BCUT2D eigenvalue weighted by atomic mass is 9.72. The molecule has 4 rings (SSSR count). The first-order valence-electron chi connectivity index (χ1n) is 10.1. The number of rotatable bonds is 4. The molecule has 150 valence electrons. The van der Waals surface area contributed by atoms with Crippen LogP contribution in [0.5, 0.6) is 0 Å². The zero-order valence-electron chi connectivity index (χ0n) is 16.2. The van der Waals surface area contributed by atoms with Gasteiger partial charge in [-0.15, -0.1) is 0 Å². The number of piperidine rings is 1. The molecule has 0 radical (unpaired) electrons. The number of aryl methyl sites for hydroxylation is 1. The summed E-state index contributed by atoms with van der Waals surface area (Å²) in [5.41, 5.74) is -1.22. The predicted octanol–water partition coefficient (Wildman–Crippen LogP) is 1.17. The summed E-state index contributed by atoms with van der Waals surface area (Å²) in [5.74, 6) is 1.46. The summed E-state index contributed by atoms with van der Waals surface area (Å²) in [4.78, 5) is 19.0. The van der Waals surface area contributed by atoms with Crippen LogP contribution in [-0.2, 0) is 16.1 Å². The van der Waals surface area contributed by atoms with E-state index in [1.165, 1.54) is 0 Å². The molecule has 1 amide bonds. The summed E-state index contributed by atoms with van der Waals surface area (Å²) in [5, 5.41) is 18.2. The third-order valence-corrected chi connectivity index (χ3v) is 6.63. The van der Waals surface area contributed by atoms with Crippen molar-refractivity contribution in [3.05, 3.63) is 11.7 Å². The van der Waals surface area contributed by atoms with Crippen LogP contribution in [0.4, 0.5) is 0 Å². The van der Waals surface area contributed by atoms with Crippen molar-refractivity contribution in [3.8, 4) is 0 Å². The van der Waals surface area contributed by atoms with E-state index < -0.39 is 17.2 Å². The molecule has 3 fully saturated rings. The Balaban J connectivity index is 1.38. The number of hydrogen-bond donors (Lipinski definition) is 2. The van der Waals surface area contributed by atoms with Gasteiger partial charge in [-0.25, -0.2) is 0 Å². The fourth-order valence-electron chi connectivity index (χ4n) is 4.55. The first-order valence-corrected chi connectivity index (χ1v) is 10.1. The minimum Gasteiger partial charge on any atom is -0.388 e. The van der Waals surface area contributed by atoms with Crippen LogP contribution in [-0.4, -0.2) is 63.0 Å². The Morgan fingerprint density at radius 3 is 2.67 bits per heavy atom. The highest BCUT2D eigenvalue weighted by molar-refractivity contribution is 5.80. The van der Waals surface area contributed by atoms with Gasteiger partial charge in [0.1, 0.15) is 6.10 Å². The van der Waals surface area contributed by atoms with Crippen LogP contribution in [0.15, 0.2) is 4.52 Å². The SMILES string of the molecule is Cc1noc(CN2CCC3(CC2)OCC[C@@](C)(NC(=O)C2CCC2)[C@@H]3O)n1. The topological polar surface area (TPSA) is 101 Å². The molecular formula is C19H30N4O4. The van der Waals surface area contributed by atoms with E-state index in [0.717, 1.165) is 45.2 Å². The van der Waals surface area contributed by atoms with Crippen molar-refractivity contribution in [2.24, 2.45) is 5.92 Å². The molecule has 3 aliphatic rings. The molecule has 2 N–H and O–H groups in total. The van der Waals surface area contributed by atoms with Crippen LogP contribution < -0.4 is 5.32 Å². The third kappa shape index (κ3) is 3.62. The van der Waals surface area contributed by atoms with Crippen molar-refractivity contribution in [1.29, 1.82) is 0 Å². The zero-order valence-corrected chi connectivity index (χ0v) is 16.2. The van der Waals surface area contributed by atoms with Gasteiger partial charge in [0.15, 0.2) is 5.82 Å². The second-order valence-corrected chi connectivity index (χ2v) is 8.61. The minimum atomic E-state index is -0.712. The molecule has 0 unspecified atom stereocenters. The Kier molecular flexibility index (Phi) is 4.98. The van der Waals surface area contributed by atoms with Crippen LogP contribution >= 0.6 is 0 Å². The second-order valence-electron chi connectivity index (χ2n) is 8.61. The molecule has 27 heavy (non-hydrogen) atoms. The maximum Gasteiger partial charge on any atom is 0.240 e. The number of ether oxygens (including phenoxy) is 1. The van der Waals surface area contributed by atoms with Gasteiger partial charge >= 0.3 is 0 Å². The van der Waals surface area contributed by atoms with Crippen LogP contribution in [0, 0.1) is 12.8 Å². The summed E-state index contributed by atoms with van der Waals surface area (Å²) >= 11 is 0. The van der Waals surface area contributed by atoms with E-state index >= 15 is 0 Å². The number of likely N-dealkylation sites (tertiary alicyclic amines) is 1. The molecule has 1 aliphatic carbocycles. The van der Waals surface area contributed by atoms with Crippen LogP contribution in [0.3, 0.4) is 0 Å². The number of aliphatic hydroxyl groups excluding tert-OH is 1. The normalized spacial score (nSPS) is 31.6. The monoisotopic (exact) mass is 378 g/mol. The molecule has 0 aromatic carbocycles. The number of aromatic nitrogens is 2. The number of nitrogens with zero attached hydrogens (tertiary/aromatic N) is 3. The molecule has 2 atom stereocenters. The lowest BCUT2D eigenvalue weighted by Crippen LogP contribution is -2.69. The minimum absolute atomic E-state index is 0.0871. The smallest absolute Gasteiger partial charge is 0.240 e. The Labute approximate surface area is 159 Å². The van der Waals surface area contributed by atoms with Crippen LogP contribution in [0.2, 0.25) is 0 Å². The van der Waals surface area contributed by atoms with E-state index in [4.69, 9.17) is 9.26 Å². The summed E-state index contributed by atoms with van der Waals surface area (Å²) in [7, 11) is 0. The van der Waals surface area contributed by atoms with Crippen molar-refractivity contribution < 1.29 is 19.2 Å². The highest BCUT2D eigenvalue weighted by Gasteiger charge is 2.54. The maximum atomic E-state index is 12.5. The number of carbonyl (C=O) groups is 1. The third-order valence-electron chi connectivity index (χ3n) is 6.63. The van der Waals surface area contributed by atoms with Crippen molar-refractivity contribution in [2.45, 2.75) is 76.2 Å². The van der Waals surface area contributed by atoms with E-state index in [9.17, 15) is 9.90 Å². The summed E-state index contributed by atoms with van der Waals surface area (Å²) in [6, 6.07) is 0. The van der Waals surface area contributed by atoms with Crippen LogP contribution in [0.1, 0.15) is 57.2 Å². The molecule has 8 heteroatoms. The average Bonchev–Trinajstić information content (AvgIpc) is 2.98. The summed E-state index contributed by atoms with van der Waals surface area (Å²) < 4.78 is 11.3. The lowest BCUT2D eigenvalue weighted by Gasteiger charge is -2.53. The molecule has 1 aromatic rings. The first-order chi connectivity index (χ1) is 12.9. The molecule has 8 nitrogen and oxygen atoms in total. The Hall–Kier alpha value is -1.51. The fourth-order valence-corrected chi connectivity index (χ4v) is 4.55. The molecule has 0 bridgehead atoms. The molecule has 2 aliphatic heterocycles. The number of carbonyl (C=O) groups excluding carboxylic acids is 1. The van der Waals surface area contributed by atoms with Gasteiger partial charge in [-0.3, -0.25) is 9.69 Å². The predicted molar refractivity (Wildman–Crippen MR) is 96.7 cm³/mol. The van der Waals surface area contributed by atoms with E-state index in [0.29, 0.717) is 31.3 Å². The fraction of sp³-hybridized carbons (Fsp3) is 0.842. The highest BCUT2D eigenvalue weighted by atomic mass is 16.5. The van der Waals surface area contributed by atoms with Gasteiger partial charge in [0, 0.05) is 25.6 Å². The molecule has 1 aromatic heterocycles. The quantitative estimate of drug-likeness (QED) is 0.811. The lowest BCUT2D eigenvalue weighted by molar-refractivity contribution is -0.209. The van der Waals surface area contributed by atoms with Gasteiger partial charge in [0.2, 0.25) is 11.8 Å². The average molecular weight is 378 g/mol. The largest absolute Gasteiger partial charge is 0.388 e. The number of hydrogen-bond acceptors (Lipinski definition) is 7. The van der Waals surface area contributed by atoms with Gasteiger partial charge < -0.3 is 19.7 Å². The van der Waals surface area contributed by atoms with Gasteiger partial charge in [0.05, 0.1) is 17.7 Å². The van der Waals surface area contributed by atoms with Crippen molar-refractivity contribution in [3.63, 3.8) is 0 Å². The van der Waals surface area contributed by atoms with Crippen molar-refractivity contribution in [2.75, 3.05) is 19.7 Å². The standard InChI is InChI=1S/C19H30N4O4/c1-13-20-15(27-22-13)12-23-9-6-19(7-10-23)17(25)18(2,8-11-26-19)21-16(24)14-4-3-5-14/h14,17,25H,3-12H2,1-2H3,(H,21,24)/t17-,18+/m0/s1. The van der Waals surface area contributed by atoms with E-state index in [1.54, 1.807) is 0 Å². The molecular weight excluding hydrogens is 348 g/mol. The second kappa shape index (κ2) is 7.14. The molecule has 2 saturated heterocycles. The van der Waals surface area contributed by atoms with E-state index in [-0.39, 0.29) is 11.8 Å². The zero-order chi connectivity index (χ0) is 19.1. The summed E-state index contributed by atoms with van der Waals surface area (Å²) in [6.07, 6.45) is 4.41. The molecule has 1 saturated carbocycles. The van der Waals surface area contributed by atoms with Gasteiger partial charge in [-0.2, -0.15) is 4.98 Å². The maximum absolute atomic E-state index is 12.5. The molecule has 1 spiro atoms. The number of amides is 1. The Morgan fingerprint density at radius 1 is 1.33 bits per heavy atom. The van der Waals surface area contributed by atoms with E-state index in [2.05, 4.69) is 20.4 Å². The number of nitrogens with one attached hydrogen (secondary N) is 1. The van der Waals surface area contributed by atoms with Gasteiger partial charge in [-0.1, -0.05) is 11.6 Å². The van der Waals surface area contributed by atoms with E-state index in [1.807, 2.05) is 13.8 Å². The van der Waals surface area contributed by atoms with Crippen molar-refractivity contribution >= 4 is 5.91 Å². The number of aliphatic hydroxyl groups is 1. The molecule has 3 heterocycles. The first kappa shape index (κ1) is 18.8. The Morgan fingerprint density at radius 2 is 2.07 bits per heavy atom. The van der Waals surface area contributed by atoms with Gasteiger partial charge in [0.25, 0.3) is 0 Å². The Bertz CT molecular complexity index is 681.